The van der Waals surface area contributed by atoms with E-state index in [1.807, 2.05) is 17.0 Å². The average Bonchev–Trinajstić information content (AvgIpc) is 2.77. The van der Waals surface area contributed by atoms with E-state index in [0.29, 0.717) is 41.2 Å². The third-order valence-electron chi connectivity index (χ3n) is 5.03. The van der Waals surface area contributed by atoms with Crippen LogP contribution in [0.1, 0.15) is 30.5 Å². The van der Waals surface area contributed by atoms with E-state index in [-0.39, 0.29) is 0 Å². The standard InChI is InChI=1S/C24H23BrF3N3O3/c1-23(2,21(32)33)34-20-9-5-16(6-10-20)11-12-31(22-29-13-19(25)14-30-22)15-17-3-7-18(8-4-17)24(26,27)28/h3-10,13-14H,11-12,15H2,1-2H3,(H,32,33). The van der Waals surface area contributed by atoms with Gasteiger partial charge in [-0.3, -0.25) is 0 Å². The molecule has 1 aromatic heterocycles. The summed E-state index contributed by atoms with van der Waals surface area (Å²) in [6.45, 7) is 3.78. The van der Waals surface area contributed by atoms with Crippen molar-refractivity contribution in [3.05, 3.63) is 82.1 Å². The molecule has 0 aliphatic carbocycles. The van der Waals surface area contributed by atoms with Gasteiger partial charge in [0.15, 0.2) is 5.60 Å². The van der Waals surface area contributed by atoms with Crippen molar-refractivity contribution in [2.75, 3.05) is 11.4 Å². The number of hydrogen-bond donors (Lipinski definition) is 1. The molecule has 0 saturated heterocycles. The van der Waals surface area contributed by atoms with Crippen molar-refractivity contribution in [3.63, 3.8) is 0 Å². The molecule has 0 fully saturated rings. The Labute approximate surface area is 203 Å². The predicted molar refractivity (Wildman–Crippen MR) is 125 cm³/mol. The van der Waals surface area contributed by atoms with Gasteiger partial charge in [-0.2, -0.15) is 13.2 Å². The van der Waals surface area contributed by atoms with Crippen LogP contribution in [0.5, 0.6) is 5.75 Å². The van der Waals surface area contributed by atoms with Gasteiger partial charge in [-0.05, 0) is 71.6 Å². The second kappa shape index (κ2) is 10.4. The summed E-state index contributed by atoms with van der Waals surface area (Å²) in [4.78, 5) is 21.8. The molecule has 34 heavy (non-hydrogen) atoms. The number of alkyl halides is 3. The number of aromatic nitrogens is 2. The molecular formula is C24H23BrF3N3O3. The lowest BCUT2D eigenvalue weighted by Gasteiger charge is -2.23. The number of hydrogen-bond acceptors (Lipinski definition) is 5. The van der Waals surface area contributed by atoms with Crippen molar-refractivity contribution >= 4 is 27.8 Å². The molecule has 1 heterocycles. The number of carboxylic acid groups (broad SMARTS) is 1. The van der Waals surface area contributed by atoms with Gasteiger partial charge in [-0.25, -0.2) is 14.8 Å². The maximum Gasteiger partial charge on any atom is 0.416 e. The Kier molecular flexibility index (Phi) is 7.81. The second-order valence-electron chi connectivity index (χ2n) is 8.13. The Morgan fingerprint density at radius 2 is 1.56 bits per heavy atom. The monoisotopic (exact) mass is 537 g/mol. The lowest BCUT2D eigenvalue weighted by atomic mass is 10.1. The van der Waals surface area contributed by atoms with Crippen LogP contribution < -0.4 is 9.64 Å². The summed E-state index contributed by atoms with van der Waals surface area (Å²) in [7, 11) is 0. The molecule has 0 atom stereocenters. The molecule has 10 heteroatoms. The fourth-order valence-corrected chi connectivity index (χ4v) is 3.27. The number of carbonyl (C=O) groups is 1. The summed E-state index contributed by atoms with van der Waals surface area (Å²) in [5.74, 6) is -0.176. The Balaban J connectivity index is 1.72. The molecule has 6 nitrogen and oxygen atoms in total. The fraction of sp³-hybridized carbons (Fsp3) is 0.292. The molecule has 3 rings (SSSR count). The average molecular weight is 538 g/mol. The van der Waals surface area contributed by atoms with Crippen LogP contribution >= 0.6 is 15.9 Å². The van der Waals surface area contributed by atoms with Crippen LogP contribution in [0, 0.1) is 0 Å². The van der Waals surface area contributed by atoms with Crippen molar-refractivity contribution in [1.82, 2.24) is 9.97 Å². The number of rotatable bonds is 9. The number of nitrogens with zero attached hydrogens (tertiary/aromatic N) is 3. The minimum absolute atomic E-state index is 0.327. The van der Waals surface area contributed by atoms with Crippen LogP contribution in [-0.2, 0) is 23.9 Å². The van der Waals surface area contributed by atoms with Gasteiger partial charge in [-0.15, -0.1) is 0 Å². The quantitative estimate of drug-likeness (QED) is 0.374. The molecule has 0 saturated carbocycles. The van der Waals surface area contributed by atoms with Gasteiger partial charge in [0.05, 0.1) is 10.0 Å². The Morgan fingerprint density at radius 1 is 1.00 bits per heavy atom. The zero-order valence-electron chi connectivity index (χ0n) is 18.5. The highest BCUT2D eigenvalue weighted by Crippen LogP contribution is 2.29. The smallest absolute Gasteiger partial charge is 0.416 e. The van der Waals surface area contributed by atoms with E-state index in [0.717, 1.165) is 17.7 Å². The molecule has 1 N–H and O–H groups in total. The van der Waals surface area contributed by atoms with Gasteiger partial charge in [0.2, 0.25) is 5.95 Å². The zero-order chi connectivity index (χ0) is 24.9. The minimum Gasteiger partial charge on any atom is -0.478 e. The van der Waals surface area contributed by atoms with E-state index in [1.54, 1.807) is 24.5 Å². The van der Waals surface area contributed by atoms with Crippen LogP contribution in [0.25, 0.3) is 0 Å². The van der Waals surface area contributed by atoms with Crippen molar-refractivity contribution < 1.29 is 27.8 Å². The maximum absolute atomic E-state index is 12.9. The summed E-state index contributed by atoms with van der Waals surface area (Å²) < 4.78 is 44.9. The number of halogens is 4. The van der Waals surface area contributed by atoms with Crippen LogP contribution in [0.3, 0.4) is 0 Å². The summed E-state index contributed by atoms with van der Waals surface area (Å²) in [6.07, 6.45) is -0.567. The zero-order valence-corrected chi connectivity index (χ0v) is 20.1. The predicted octanol–water partition coefficient (Wildman–Crippen LogP) is 5.75. The topological polar surface area (TPSA) is 75.5 Å². The Bertz CT molecular complexity index is 1100. The molecule has 2 aromatic carbocycles. The number of benzene rings is 2. The second-order valence-corrected chi connectivity index (χ2v) is 9.04. The van der Waals surface area contributed by atoms with E-state index < -0.39 is 23.3 Å². The number of carboxylic acids is 1. The molecule has 0 bridgehead atoms. The van der Waals surface area contributed by atoms with E-state index in [2.05, 4.69) is 25.9 Å². The van der Waals surface area contributed by atoms with E-state index in [1.165, 1.54) is 26.0 Å². The van der Waals surface area contributed by atoms with Crippen LogP contribution in [0.15, 0.2) is 65.4 Å². The SMILES string of the molecule is CC(C)(Oc1ccc(CCN(Cc2ccc(C(F)(F)F)cc2)c2ncc(Br)cn2)cc1)C(=O)O. The van der Waals surface area contributed by atoms with E-state index in [4.69, 9.17) is 4.74 Å². The third kappa shape index (κ3) is 6.93. The first kappa shape index (κ1) is 25.5. The Hall–Kier alpha value is -3.14. The normalized spacial score (nSPS) is 11.8. The third-order valence-corrected chi connectivity index (χ3v) is 5.44. The lowest BCUT2D eigenvalue weighted by molar-refractivity contribution is -0.152. The Morgan fingerprint density at radius 3 is 2.09 bits per heavy atom. The largest absolute Gasteiger partial charge is 0.478 e. The fourth-order valence-electron chi connectivity index (χ4n) is 3.06. The van der Waals surface area contributed by atoms with Gasteiger partial charge in [0.1, 0.15) is 5.75 Å². The van der Waals surface area contributed by atoms with E-state index >= 15 is 0 Å². The molecule has 0 radical (unpaired) electrons. The summed E-state index contributed by atoms with van der Waals surface area (Å²) >= 11 is 3.30. The first-order valence-corrected chi connectivity index (χ1v) is 11.1. The lowest BCUT2D eigenvalue weighted by Crippen LogP contribution is -2.37. The number of ether oxygens (including phenoxy) is 1. The molecule has 3 aromatic rings. The first-order valence-electron chi connectivity index (χ1n) is 10.3. The van der Waals surface area contributed by atoms with Crippen molar-refractivity contribution in [2.24, 2.45) is 0 Å². The highest BCUT2D eigenvalue weighted by Gasteiger charge is 2.30. The van der Waals surface area contributed by atoms with Gasteiger partial charge < -0.3 is 14.7 Å². The van der Waals surface area contributed by atoms with Crippen LogP contribution in [0.2, 0.25) is 0 Å². The highest BCUT2D eigenvalue weighted by molar-refractivity contribution is 9.10. The van der Waals surface area contributed by atoms with Crippen molar-refractivity contribution in [2.45, 2.75) is 38.6 Å². The van der Waals surface area contributed by atoms with Gasteiger partial charge in [0.25, 0.3) is 0 Å². The maximum atomic E-state index is 12.9. The van der Waals surface area contributed by atoms with Gasteiger partial charge in [0, 0.05) is 25.5 Å². The summed E-state index contributed by atoms with van der Waals surface area (Å²) in [5, 5.41) is 9.20. The van der Waals surface area contributed by atoms with Gasteiger partial charge >= 0.3 is 12.1 Å². The summed E-state index contributed by atoms with van der Waals surface area (Å²) in [6, 6.07) is 12.1. The molecule has 0 amide bonds. The molecule has 0 aliphatic rings. The van der Waals surface area contributed by atoms with Crippen molar-refractivity contribution in [3.8, 4) is 5.75 Å². The summed E-state index contributed by atoms with van der Waals surface area (Å²) in [5.41, 5.74) is -0.385. The van der Waals surface area contributed by atoms with Crippen LogP contribution in [-0.4, -0.2) is 33.2 Å². The molecule has 0 spiro atoms. The number of anilines is 1. The number of aliphatic carboxylic acids is 1. The highest BCUT2D eigenvalue weighted by atomic mass is 79.9. The van der Waals surface area contributed by atoms with Gasteiger partial charge in [-0.1, -0.05) is 24.3 Å². The van der Waals surface area contributed by atoms with E-state index in [9.17, 15) is 23.1 Å². The molecule has 0 unspecified atom stereocenters. The molecular weight excluding hydrogens is 515 g/mol. The van der Waals surface area contributed by atoms with Crippen molar-refractivity contribution in [1.29, 1.82) is 0 Å². The first-order chi connectivity index (χ1) is 15.9. The molecule has 180 valence electrons. The molecule has 0 aliphatic heterocycles. The van der Waals surface area contributed by atoms with Crippen LogP contribution in [0.4, 0.5) is 19.1 Å². The minimum atomic E-state index is -4.39.